The number of nitrogen functional groups attached to an aromatic ring is 1. The number of hydrogen-bond acceptors (Lipinski definition) is 3. The van der Waals surface area contributed by atoms with Gasteiger partial charge in [0, 0.05) is 18.8 Å². The van der Waals surface area contributed by atoms with Gasteiger partial charge in [0.2, 0.25) is 5.91 Å². The highest BCUT2D eigenvalue weighted by molar-refractivity contribution is 6.39. The van der Waals surface area contributed by atoms with Crippen molar-refractivity contribution in [3.05, 3.63) is 22.2 Å². The standard InChI is InChI=1S/C14H19Cl2N3O/c1-9(14(20)19-5-3-2-4-6-19)18-13-11(15)7-10(17)8-12(13)16/h7-9,18H,2-6,17H2,1H3. The van der Waals surface area contributed by atoms with Crippen LogP contribution in [0, 0.1) is 0 Å². The van der Waals surface area contributed by atoms with Gasteiger partial charge < -0.3 is 16.0 Å². The molecule has 1 heterocycles. The Morgan fingerprint density at radius 2 is 1.80 bits per heavy atom. The topological polar surface area (TPSA) is 58.4 Å². The number of carbonyl (C=O) groups excluding carboxylic acids is 1. The Labute approximate surface area is 129 Å². The molecule has 1 atom stereocenters. The monoisotopic (exact) mass is 315 g/mol. The van der Waals surface area contributed by atoms with Gasteiger partial charge in [-0.25, -0.2) is 0 Å². The molecule has 0 spiro atoms. The first-order valence-electron chi connectivity index (χ1n) is 6.79. The molecule has 20 heavy (non-hydrogen) atoms. The van der Waals surface area contributed by atoms with Crippen molar-refractivity contribution in [1.82, 2.24) is 4.90 Å². The third kappa shape index (κ3) is 3.49. The fourth-order valence-electron chi connectivity index (χ4n) is 2.40. The number of likely N-dealkylation sites (tertiary alicyclic amines) is 1. The van der Waals surface area contributed by atoms with E-state index in [1.165, 1.54) is 6.42 Å². The van der Waals surface area contributed by atoms with Crippen LogP contribution < -0.4 is 11.1 Å². The van der Waals surface area contributed by atoms with Crippen molar-refractivity contribution in [3.63, 3.8) is 0 Å². The molecule has 4 nitrogen and oxygen atoms in total. The number of piperidine rings is 1. The Bertz CT molecular complexity index is 478. The number of benzene rings is 1. The molecule has 2 rings (SSSR count). The summed E-state index contributed by atoms with van der Waals surface area (Å²) >= 11 is 12.2. The van der Waals surface area contributed by atoms with Crippen LogP contribution >= 0.6 is 23.2 Å². The number of nitrogens with two attached hydrogens (primary N) is 1. The molecule has 1 fully saturated rings. The maximum atomic E-state index is 12.3. The Hall–Kier alpha value is -1.13. The van der Waals surface area contributed by atoms with E-state index in [1.54, 1.807) is 12.1 Å². The van der Waals surface area contributed by atoms with Gasteiger partial charge in [0.25, 0.3) is 0 Å². The largest absolute Gasteiger partial charge is 0.399 e. The Morgan fingerprint density at radius 1 is 1.25 bits per heavy atom. The van der Waals surface area contributed by atoms with Gasteiger partial charge in [-0.2, -0.15) is 0 Å². The number of hydrogen-bond donors (Lipinski definition) is 2. The predicted molar refractivity (Wildman–Crippen MR) is 84.4 cm³/mol. The predicted octanol–water partition coefficient (Wildman–Crippen LogP) is 3.39. The highest BCUT2D eigenvalue weighted by atomic mass is 35.5. The van der Waals surface area contributed by atoms with Crippen LogP contribution in [0.4, 0.5) is 11.4 Å². The summed E-state index contributed by atoms with van der Waals surface area (Å²) < 4.78 is 0. The number of amides is 1. The molecule has 1 aliphatic heterocycles. The van der Waals surface area contributed by atoms with Crippen molar-refractivity contribution in [2.45, 2.75) is 32.2 Å². The normalized spacial score (nSPS) is 16.9. The van der Waals surface area contributed by atoms with Gasteiger partial charge in [0.15, 0.2) is 0 Å². The number of nitrogens with one attached hydrogen (secondary N) is 1. The third-order valence-electron chi connectivity index (χ3n) is 3.46. The minimum Gasteiger partial charge on any atom is -0.399 e. The number of rotatable bonds is 3. The molecule has 1 unspecified atom stereocenters. The quantitative estimate of drug-likeness (QED) is 0.841. The van der Waals surface area contributed by atoms with Crippen molar-refractivity contribution in [3.8, 4) is 0 Å². The van der Waals surface area contributed by atoms with Crippen LogP contribution in [0.15, 0.2) is 12.1 Å². The van der Waals surface area contributed by atoms with E-state index in [4.69, 9.17) is 28.9 Å². The van der Waals surface area contributed by atoms with Gasteiger partial charge in [-0.1, -0.05) is 23.2 Å². The van der Waals surface area contributed by atoms with Crippen LogP contribution in [0.3, 0.4) is 0 Å². The van der Waals surface area contributed by atoms with Crippen molar-refractivity contribution in [2.75, 3.05) is 24.1 Å². The molecular formula is C14H19Cl2N3O. The van der Waals surface area contributed by atoms with E-state index in [0.29, 0.717) is 21.4 Å². The van der Waals surface area contributed by atoms with Crippen LogP contribution in [0.25, 0.3) is 0 Å². The maximum Gasteiger partial charge on any atom is 0.244 e. The SMILES string of the molecule is CC(Nc1c(Cl)cc(N)cc1Cl)C(=O)N1CCCCC1. The zero-order chi connectivity index (χ0) is 14.7. The molecule has 0 bridgehead atoms. The highest BCUT2D eigenvalue weighted by Gasteiger charge is 2.23. The van der Waals surface area contributed by atoms with E-state index in [1.807, 2.05) is 11.8 Å². The molecule has 0 saturated carbocycles. The van der Waals surface area contributed by atoms with Crippen molar-refractivity contribution in [1.29, 1.82) is 0 Å². The number of carbonyl (C=O) groups is 1. The van der Waals surface area contributed by atoms with E-state index >= 15 is 0 Å². The van der Waals surface area contributed by atoms with Crippen LogP contribution in [-0.4, -0.2) is 29.9 Å². The molecule has 3 N–H and O–H groups in total. The fraction of sp³-hybridized carbons (Fsp3) is 0.500. The summed E-state index contributed by atoms with van der Waals surface area (Å²) in [4.78, 5) is 14.2. The summed E-state index contributed by atoms with van der Waals surface area (Å²) in [5.74, 6) is 0.0775. The first-order chi connectivity index (χ1) is 9.49. The molecule has 6 heteroatoms. The van der Waals surface area contributed by atoms with Crippen LogP contribution in [-0.2, 0) is 4.79 Å². The lowest BCUT2D eigenvalue weighted by molar-refractivity contribution is -0.132. The summed E-state index contributed by atoms with van der Waals surface area (Å²) in [6.07, 6.45) is 3.34. The highest BCUT2D eigenvalue weighted by Crippen LogP contribution is 2.33. The van der Waals surface area contributed by atoms with Crippen LogP contribution in [0.5, 0.6) is 0 Å². The van der Waals surface area contributed by atoms with Gasteiger partial charge in [-0.15, -0.1) is 0 Å². The van der Waals surface area contributed by atoms with Gasteiger partial charge in [0.1, 0.15) is 6.04 Å². The van der Waals surface area contributed by atoms with Crippen LogP contribution in [0.1, 0.15) is 26.2 Å². The van der Waals surface area contributed by atoms with Gasteiger partial charge in [-0.05, 0) is 38.3 Å². The summed E-state index contributed by atoms with van der Waals surface area (Å²) in [6.45, 7) is 3.47. The number of anilines is 2. The number of halogens is 2. The second-order valence-corrected chi connectivity index (χ2v) is 5.93. The fourth-order valence-corrected chi connectivity index (χ4v) is 3.01. The second kappa shape index (κ2) is 6.55. The van der Waals surface area contributed by atoms with E-state index in [9.17, 15) is 4.79 Å². The Balaban J connectivity index is 2.07. The summed E-state index contributed by atoms with van der Waals surface area (Å²) in [6, 6.07) is 2.87. The smallest absolute Gasteiger partial charge is 0.244 e. The van der Waals surface area contributed by atoms with Gasteiger partial charge in [-0.3, -0.25) is 4.79 Å². The second-order valence-electron chi connectivity index (χ2n) is 5.11. The lowest BCUT2D eigenvalue weighted by Gasteiger charge is -2.30. The lowest BCUT2D eigenvalue weighted by Crippen LogP contribution is -2.43. The van der Waals surface area contributed by atoms with E-state index in [0.717, 1.165) is 25.9 Å². The zero-order valence-corrected chi connectivity index (χ0v) is 13.0. The minimum atomic E-state index is -0.369. The summed E-state index contributed by atoms with van der Waals surface area (Å²) in [7, 11) is 0. The number of nitrogens with zero attached hydrogens (tertiary/aromatic N) is 1. The van der Waals surface area contributed by atoms with Crippen molar-refractivity contribution in [2.24, 2.45) is 0 Å². The van der Waals surface area contributed by atoms with Gasteiger partial charge >= 0.3 is 0 Å². The van der Waals surface area contributed by atoms with E-state index in [-0.39, 0.29) is 11.9 Å². The van der Waals surface area contributed by atoms with Crippen molar-refractivity contribution >= 4 is 40.5 Å². The average molecular weight is 316 g/mol. The first kappa shape index (κ1) is 15.3. The molecular weight excluding hydrogens is 297 g/mol. The molecule has 0 radical (unpaired) electrons. The molecule has 1 aliphatic rings. The summed E-state index contributed by atoms with van der Waals surface area (Å²) in [5, 5.41) is 3.94. The zero-order valence-electron chi connectivity index (χ0n) is 11.5. The molecule has 110 valence electrons. The molecule has 0 aromatic heterocycles. The molecule has 0 aliphatic carbocycles. The van der Waals surface area contributed by atoms with E-state index < -0.39 is 0 Å². The van der Waals surface area contributed by atoms with Gasteiger partial charge in [0.05, 0.1) is 15.7 Å². The first-order valence-corrected chi connectivity index (χ1v) is 7.54. The van der Waals surface area contributed by atoms with Crippen LogP contribution in [0.2, 0.25) is 10.0 Å². The third-order valence-corrected chi connectivity index (χ3v) is 4.06. The Morgan fingerprint density at radius 3 is 2.35 bits per heavy atom. The molecule has 1 aromatic carbocycles. The molecule has 1 aromatic rings. The molecule has 1 amide bonds. The Kier molecular flexibility index (Phi) is 5.00. The van der Waals surface area contributed by atoms with Crippen molar-refractivity contribution < 1.29 is 4.79 Å². The van der Waals surface area contributed by atoms with E-state index in [2.05, 4.69) is 5.32 Å². The molecule has 1 saturated heterocycles. The lowest BCUT2D eigenvalue weighted by atomic mass is 10.1. The summed E-state index contributed by atoms with van der Waals surface area (Å²) in [5.41, 5.74) is 6.72. The minimum absolute atomic E-state index is 0.0775. The average Bonchev–Trinajstić information content (AvgIpc) is 2.42. The maximum absolute atomic E-state index is 12.3.